The van der Waals surface area contributed by atoms with Crippen molar-refractivity contribution in [1.29, 1.82) is 0 Å². The first-order chi connectivity index (χ1) is 11.0. The monoisotopic (exact) mass is 317 g/mol. The van der Waals surface area contributed by atoms with Gasteiger partial charge in [0.2, 0.25) is 5.95 Å². The summed E-state index contributed by atoms with van der Waals surface area (Å²) in [6.45, 7) is 0. The van der Waals surface area contributed by atoms with E-state index < -0.39 is 6.03 Å². The van der Waals surface area contributed by atoms with Crippen LogP contribution in [-0.4, -0.2) is 44.3 Å². The molecule has 0 atom stereocenters. The van der Waals surface area contributed by atoms with Crippen molar-refractivity contribution in [3.63, 3.8) is 0 Å². The van der Waals surface area contributed by atoms with Crippen molar-refractivity contribution < 1.29 is 14.3 Å². The van der Waals surface area contributed by atoms with E-state index in [9.17, 15) is 4.79 Å². The van der Waals surface area contributed by atoms with Gasteiger partial charge < -0.3 is 25.0 Å². The summed E-state index contributed by atoms with van der Waals surface area (Å²) >= 11 is 0. The predicted molar refractivity (Wildman–Crippen MR) is 88.5 cm³/mol. The van der Waals surface area contributed by atoms with Crippen LogP contribution in [0, 0.1) is 0 Å². The minimum Gasteiger partial charge on any atom is -0.493 e. The van der Waals surface area contributed by atoms with Crippen LogP contribution in [0.15, 0.2) is 30.6 Å². The van der Waals surface area contributed by atoms with Crippen LogP contribution in [0.1, 0.15) is 0 Å². The van der Waals surface area contributed by atoms with Crippen LogP contribution >= 0.6 is 0 Å². The van der Waals surface area contributed by atoms with Crippen molar-refractivity contribution in [2.75, 3.05) is 43.8 Å². The Morgan fingerprint density at radius 1 is 1.09 bits per heavy atom. The summed E-state index contributed by atoms with van der Waals surface area (Å²) in [6, 6.07) is 4.78. The molecule has 0 spiro atoms. The molecule has 0 saturated carbocycles. The molecular formula is C15H19N5O3. The Morgan fingerprint density at radius 2 is 1.78 bits per heavy atom. The van der Waals surface area contributed by atoms with Gasteiger partial charge in [-0.25, -0.2) is 14.8 Å². The molecule has 0 aliphatic carbocycles. The van der Waals surface area contributed by atoms with Crippen molar-refractivity contribution in [2.45, 2.75) is 0 Å². The summed E-state index contributed by atoms with van der Waals surface area (Å²) in [5.74, 6) is 1.54. The number of hydrogen-bond acceptors (Lipinski definition) is 6. The lowest BCUT2D eigenvalue weighted by molar-refractivity contribution is 0.262. The van der Waals surface area contributed by atoms with E-state index >= 15 is 0 Å². The molecule has 1 aromatic carbocycles. The van der Waals surface area contributed by atoms with Crippen molar-refractivity contribution in [3.8, 4) is 11.5 Å². The zero-order chi connectivity index (χ0) is 16.8. The molecule has 0 unspecified atom stereocenters. The Hall–Kier alpha value is -3.03. The zero-order valence-electron chi connectivity index (χ0n) is 13.5. The molecule has 0 fully saturated rings. The van der Waals surface area contributed by atoms with E-state index in [2.05, 4.69) is 20.6 Å². The number of aromatic nitrogens is 2. The van der Waals surface area contributed by atoms with E-state index in [4.69, 9.17) is 9.47 Å². The van der Waals surface area contributed by atoms with Crippen LogP contribution in [0.2, 0.25) is 0 Å². The number of anilines is 3. The highest BCUT2D eigenvalue weighted by Gasteiger charge is 2.12. The lowest BCUT2D eigenvalue weighted by Crippen LogP contribution is -2.20. The summed E-state index contributed by atoms with van der Waals surface area (Å²) in [5, 5.41) is 5.36. The highest BCUT2D eigenvalue weighted by atomic mass is 16.5. The van der Waals surface area contributed by atoms with Gasteiger partial charge in [0, 0.05) is 14.1 Å². The van der Waals surface area contributed by atoms with Crippen molar-refractivity contribution in [2.24, 2.45) is 0 Å². The highest BCUT2D eigenvalue weighted by Crippen LogP contribution is 2.34. The zero-order valence-corrected chi connectivity index (χ0v) is 13.5. The normalized spacial score (nSPS) is 9.91. The summed E-state index contributed by atoms with van der Waals surface area (Å²) in [4.78, 5) is 22.1. The van der Waals surface area contributed by atoms with Crippen LogP contribution in [0.4, 0.5) is 22.1 Å². The van der Waals surface area contributed by atoms with Crippen molar-refractivity contribution >= 4 is 23.4 Å². The number of methoxy groups -OCH3 is 2. The van der Waals surface area contributed by atoms with Crippen molar-refractivity contribution in [1.82, 2.24) is 9.97 Å². The molecule has 0 saturated heterocycles. The van der Waals surface area contributed by atoms with E-state index in [1.165, 1.54) is 26.6 Å². The third kappa shape index (κ3) is 4.00. The topological polar surface area (TPSA) is 88.6 Å². The average Bonchev–Trinajstić information content (AvgIpc) is 2.54. The Balaban J connectivity index is 2.08. The molecular weight excluding hydrogens is 298 g/mol. The van der Waals surface area contributed by atoms with Gasteiger partial charge in [-0.2, -0.15) is 0 Å². The average molecular weight is 317 g/mol. The standard InChI is InChI=1S/C15H19N5O3/c1-20(2)14-16-8-10(9-17-14)18-15(21)19-11-6-5-7-12(22-3)13(11)23-4/h5-9H,1-4H3,(H2,18,19,21). The maximum atomic E-state index is 12.1. The number of urea groups is 1. The highest BCUT2D eigenvalue weighted by molar-refractivity contribution is 6.00. The Labute approximate surface area is 134 Å². The van der Waals surface area contributed by atoms with Gasteiger partial charge in [0.1, 0.15) is 0 Å². The second kappa shape index (κ2) is 7.30. The molecule has 0 aliphatic rings. The van der Waals surface area contributed by atoms with E-state index in [1.807, 2.05) is 14.1 Å². The largest absolute Gasteiger partial charge is 0.493 e. The molecule has 8 heteroatoms. The Bertz CT molecular complexity index is 673. The molecule has 0 aliphatic heterocycles. The first kappa shape index (κ1) is 16.3. The molecule has 2 N–H and O–H groups in total. The van der Waals surface area contributed by atoms with Crippen LogP contribution in [-0.2, 0) is 0 Å². The number of carbonyl (C=O) groups excluding carboxylic acids is 1. The van der Waals surface area contributed by atoms with E-state index in [-0.39, 0.29) is 0 Å². The smallest absolute Gasteiger partial charge is 0.323 e. The number of para-hydroxylation sites is 1. The van der Waals surface area contributed by atoms with Crippen LogP contribution in [0.25, 0.3) is 0 Å². The van der Waals surface area contributed by atoms with Gasteiger partial charge in [-0.1, -0.05) is 6.07 Å². The fourth-order valence-electron chi connectivity index (χ4n) is 1.89. The van der Waals surface area contributed by atoms with Gasteiger partial charge in [0.25, 0.3) is 0 Å². The molecule has 0 radical (unpaired) electrons. The summed E-state index contributed by atoms with van der Waals surface area (Å²) in [5.41, 5.74) is 0.977. The molecule has 2 aromatic rings. The molecule has 2 amide bonds. The maximum Gasteiger partial charge on any atom is 0.323 e. The number of carbonyl (C=O) groups is 1. The van der Waals surface area contributed by atoms with E-state index in [0.29, 0.717) is 28.8 Å². The predicted octanol–water partition coefficient (Wildman–Crippen LogP) is 2.20. The molecule has 0 bridgehead atoms. The van der Waals surface area contributed by atoms with Gasteiger partial charge in [-0.15, -0.1) is 0 Å². The van der Waals surface area contributed by atoms with Gasteiger partial charge in [-0.05, 0) is 12.1 Å². The fraction of sp³-hybridized carbons (Fsp3) is 0.267. The second-order valence-electron chi connectivity index (χ2n) is 4.79. The summed E-state index contributed by atoms with van der Waals surface area (Å²) < 4.78 is 10.5. The molecule has 2 rings (SSSR count). The number of rotatable bonds is 5. The third-order valence-electron chi connectivity index (χ3n) is 2.95. The van der Waals surface area contributed by atoms with Gasteiger partial charge >= 0.3 is 6.03 Å². The number of hydrogen-bond donors (Lipinski definition) is 2. The fourth-order valence-corrected chi connectivity index (χ4v) is 1.89. The molecule has 1 heterocycles. The van der Waals surface area contributed by atoms with Crippen LogP contribution < -0.4 is 25.0 Å². The summed E-state index contributed by atoms with van der Waals surface area (Å²) in [6.07, 6.45) is 3.06. The van der Waals surface area contributed by atoms with Gasteiger partial charge in [0.15, 0.2) is 11.5 Å². The first-order valence-electron chi connectivity index (χ1n) is 6.83. The van der Waals surface area contributed by atoms with Crippen molar-refractivity contribution in [3.05, 3.63) is 30.6 Å². The minimum absolute atomic E-state index is 0.433. The maximum absolute atomic E-state index is 12.1. The lowest BCUT2D eigenvalue weighted by atomic mass is 10.2. The number of nitrogens with zero attached hydrogens (tertiary/aromatic N) is 3. The minimum atomic E-state index is -0.433. The van der Waals surface area contributed by atoms with E-state index in [0.717, 1.165) is 0 Å². The quantitative estimate of drug-likeness (QED) is 0.879. The van der Waals surface area contributed by atoms with E-state index in [1.54, 1.807) is 23.1 Å². The molecule has 1 aromatic heterocycles. The third-order valence-corrected chi connectivity index (χ3v) is 2.95. The Morgan fingerprint density at radius 3 is 2.35 bits per heavy atom. The Kier molecular flexibility index (Phi) is 5.19. The SMILES string of the molecule is COc1cccc(NC(=O)Nc2cnc(N(C)C)nc2)c1OC. The first-order valence-corrected chi connectivity index (χ1v) is 6.83. The second-order valence-corrected chi connectivity index (χ2v) is 4.79. The lowest BCUT2D eigenvalue weighted by Gasteiger charge is -2.14. The van der Waals surface area contributed by atoms with Gasteiger partial charge in [-0.3, -0.25) is 0 Å². The summed E-state index contributed by atoms with van der Waals surface area (Å²) in [7, 11) is 6.72. The molecule has 8 nitrogen and oxygen atoms in total. The number of benzene rings is 1. The number of ether oxygens (including phenoxy) is 2. The number of amides is 2. The molecule has 23 heavy (non-hydrogen) atoms. The molecule has 122 valence electrons. The number of nitrogens with one attached hydrogen (secondary N) is 2. The van der Waals surface area contributed by atoms with Crippen LogP contribution in [0.5, 0.6) is 11.5 Å². The van der Waals surface area contributed by atoms with Crippen LogP contribution in [0.3, 0.4) is 0 Å². The van der Waals surface area contributed by atoms with Gasteiger partial charge in [0.05, 0.1) is 38.0 Å².